The first-order chi connectivity index (χ1) is 7.68. The maximum absolute atomic E-state index is 11.6. The van der Waals surface area contributed by atoms with Crippen LogP contribution in [0.15, 0.2) is 0 Å². The molecule has 2 nitrogen and oxygen atoms in total. The van der Waals surface area contributed by atoms with Gasteiger partial charge in [0.15, 0.2) is 0 Å². The highest BCUT2D eigenvalue weighted by atomic mass is 32.2. The highest BCUT2D eigenvalue weighted by Crippen LogP contribution is 2.33. The molecule has 0 heterocycles. The van der Waals surface area contributed by atoms with Crippen molar-refractivity contribution in [3.8, 4) is 0 Å². The molecule has 0 atom stereocenters. The van der Waals surface area contributed by atoms with Gasteiger partial charge in [-0.3, -0.25) is 0 Å². The lowest BCUT2D eigenvalue weighted by Crippen LogP contribution is -2.23. The van der Waals surface area contributed by atoms with E-state index in [0.29, 0.717) is 5.41 Å². The Bertz CT molecular complexity index is 315. The summed E-state index contributed by atoms with van der Waals surface area (Å²) in [6.45, 7) is 6.89. The summed E-state index contributed by atoms with van der Waals surface area (Å²) in [6, 6.07) is 0. The third-order valence-electron chi connectivity index (χ3n) is 3.78. The van der Waals surface area contributed by atoms with Gasteiger partial charge in [-0.1, -0.05) is 46.5 Å². The highest BCUT2D eigenvalue weighted by molar-refractivity contribution is 7.91. The van der Waals surface area contributed by atoms with Crippen molar-refractivity contribution in [1.82, 2.24) is 0 Å². The first-order valence-corrected chi connectivity index (χ1v) is 8.83. The van der Waals surface area contributed by atoms with Gasteiger partial charge in [-0.05, 0) is 30.6 Å². The summed E-state index contributed by atoms with van der Waals surface area (Å²) in [5.74, 6) is 0.801. The second kappa shape index (κ2) is 5.73. The normalized spacial score (nSPS) is 28.5. The van der Waals surface area contributed by atoms with Crippen LogP contribution >= 0.6 is 0 Å². The van der Waals surface area contributed by atoms with E-state index in [1.165, 1.54) is 25.5 Å². The molecule has 0 amide bonds. The lowest BCUT2D eigenvalue weighted by atomic mass is 9.79. The Labute approximate surface area is 107 Å². The second-order valence-electron chi connectivity index (χ2n) is 6.94. The van der Waals surface area contributed by atoms with Gasteiger partial charge in [0.2, 0.25) is 0 Å². The molecule has 0 N–H and O–H groups in total. The SMILES string of the molecule is CC(C)(C)CC1CCCC(S(C)(=O)=O)CCC1. The second-order valence-corrected chi connectivity index (χ2v) is 9.27. The Morgan fingerprint density at radius 3 is 1.82 bits per heavy atom. The summed E-state index contributed by atoms with van der Waals surface area (Å²) >= 11 is 0. The molecule has 1 saturated carbocycles. The van der Waals surface area contributed by atoms with Crippen molar-refractivity contribution >= 4 is 9.84 Å². The van der Waals surface area contributed by atoms with E-state index in [4.69, 9.17) is 0 Å². The summed E-state index contributed by atoms with van der Waals surface area (Å²) in [4.78, 5) is 0. The standard InChI is InChI=1S/C14H28O2S/c1-14(2,3)11-12-7-5-9-13(10-6-8-12)17(4,15)16/h12-13H,5-11H2,1-4H3. The van der Waals surface area contributed by atoms with Gasteiger partial charge in [-0.2, -0.15) is 0 Å². The highest BCUT2D eigenvalue weighted by Gasteiger charge is 2.25. The first kappa shape index (κ1) is 15.0. The molecule has 0 aromatic heterocycles. The van der Waals surface area contributed by atoms with Gasteiger partial charge in [0.05, 0.1) is 5.25 Å². The molecule has 0 saturated heterocycles. The van der Waals surface area contributed by atoms with E-state index in [2.05, 4.69) is 20.8 Å². The van der Waals surface area contributed by atoms with Gasteiger partial charge in [-0.25, -0.2) is 8.42 Å². The molecule has 3 heteroatoms. The molecule has 102 valence electrons. The van der Waals surface area contributed by atoms with E-state index < -0.39 is 9.84 Å². The van der Waals surface area contributed by atoms with Gasteiger partial charge < -0.3 is 0 Å². The number of rotatable bonds is 2. The summed E-state index contributed by atoms with van der Waals surface area (Å²) in [6.07, 6.45) is 9.00. The van der Waals surface area contributed by atoms with Crippen LogP contribution < -0.4 is 0 Å². The molecule has 1 fully saturated rings. The van der Waals surface area contributed by atoms with E-state index in [9.17, 15) is 8.42 Å². The summed E-state index contributed by atoms with van der Waals surface area (Å²) in [5, 5.41) is -0.0712. The Kier molecular flexibility index (Phi) is 5.06. The van der Waals surface area contributed by atoms with Gasteiger partial charge >= 0.3 is 0 Å². The van der Waals surface area contributed by atoms with Crippen LogP contribution in [0.4, 0.5) is 0 Å². The topological polar surface area (TPSA) is 34.1 Å². The van der Waals surface area contributed by atoms with Gasteiger partial charge in [-0.15, -0.1) is 0 Å². The van der Waals surface area contributed by atoms with Crippen LogP contribution in [0.25, 0.3) is 0 Å². The van der Waals surface area contributed by atoms with Crippen molar-refractivity contribution in [3.63, 3.8) is 0 Å². The monoisotopic (exact) mass is 260 g/mol. The average molecular weight is 260 g/mol. The molecule has 1 aliphatic carbocycles. The van der Waals surface area contributed by atoms with Crippen molar-refractivity contribution in [1.29, 1.82) is 0 Å². The van der Waals surface area contributed by atoms with Gasteiger partial charge in [0.25, 0.3) is 0 Å². The van der Waals surface area contributed by atoms with E-state index in [1.54, 1.807) is 0 Å². The molecule has 0 unspecified atom stereocenters. The van der Waals surface area contributed by atoms with Crippen molar-refractivity contribution in [3.05, 3.63) is 0 Å². The third kappa shape index (κ3) is 5.89. The van der Waals surface area contributed by atoms with Crippen LogP contribution in [0.1, 0.15) is 65.7 Å². The fourth-order valence-electron chi connectivity index (χ4n) is 3.06. The molecular formula is C14H28O2S. The van der Waals surface area contributed by atoms with Crippen LogP contribution in [0.3, 0.4) is 0 Å². The predicted octanol–water partition coefficient (Wildman–Crippen LogP) is 3.81. The smallest absolute Gasteiger partial charge is 0.150 e. The van der Waals surface area contributed by atoms with Gasteiger partial charge in [0.1, 0.15) is 9.84 Å². The van der Waals surface area contributed by atoms with Crippen LogP contribution in [0.2, 0.25) is 0 Å². The lowest BCUT2D eigenvalue weighted by molar-refractivity contribution is 0.252. The minimum absolute atomic E-state index is 0.0712. The van der Waals surface area contributed by atoms with Crippen molar-refractivity contribution < 1.29 is 8.42 Å². The van der Waals surface area contributed by atoms with Gasteiger partial charge in [0, 0.05) is 6.26 Å². The number of hydrogen-bond donors (Lipinski definition) is 0. The van der Waals surface area contributed by atoms with Crippen LogP contribution in [-0.4, -0.2) is 19.9 Å². The largest absolute Gasteiger partial charge is 0.229 e. The molecule has 17 heavy (non-hydrogen) atoms. The Balaban J connectivity index is 2.48. The van der Waals surface area contributed by atoms with Crippen LogP contribution in [0, 0.1) is 11.3 Å². The van der Waals surface area contributed by atoms with E-state index in [-0.39, 0.29) is 5.25 Å². The fraction of sp³-hybridized carbons (Fsp3) is 1.00. The van der Waals surface area contributed by atoms with Crippen molar-refractivity contribution in [2.24, 2.45) is 11.3 Å². The minimum atomic E-state index is -2.82. The zero-order chi connectivity index (χ0) is 13.1. The molecule has 0 aromatic rings. The summed E-state index contributed by atoms with van der Waals surface area (Å²) < 4.78 is 23.1. The maximum atomic E-state index is 11.6. The Morgan fingerprint density at radius 1 is 1.00 bits per heavy atom. The maximum Gasteiger partial charge on any atom is 0.150 e. The van der Waals surface area contributed by atoms with E-state index in [1.807, 2.05) is 0 Å². The summed E-state index contributed by atoms with van der Waals surface area (Å²) in [5.41, 5.74) is 0.403. The minimum Gasteiger partial charge on any atom is -0.229 e. The fourth-order valence-corrected chi connectivity index (χ4v) is 4.25. The number of sulfone groups is 1. The van der Waals surface area contributed by atoms with Crippen molar-refractivity contribution in [2.45, 2.75) is 71.0 Å². The molecular weight excluding hydrogens is 232 g/mol. The van der Waals surface area contributed by atoms with Crippen LogP contribution in [-0.2, 0) is 9.84 Å². The molecule has 0 bridgehead atoms. The molecule has 1 rings (SSSR count). The quantitative estimate of drug-likeness (QED) is 0.756. The average Bonchev–Trinajstić information content (AvgIpc) is 2.04. The molecule has 0 spiro atoms. The lowest BCUT2D eigenvalue weighted by Gasteiger charge is -2.29. The Morgan fingerprint density at radius 2 is 1.47 bits per heavy atom. The number of hydrogen-bond acceptors (Lipinski definition) is 2. The summed E-state index contributed by atoms with van der Waals surface area (Å²) in [7, 11) is -2.82. The first-order valence-electron chi connectivity index (χ1n) is 6.87. The molecule has 1 aliphatic rings. The van der Waals surface area contributed by atoms with E-state index in [0.717, 1.165) is 31.6 Å². The van der Waals surface area contributed by atoms with Crippen molar-refractivity contribution in [2.75, 3.05) is 6.26 Å². The zero-order valence-corrected chi connectivity index (χ0v) is 12.6. The van der Waals surface area contributed by atoms with E-state index >= 15 is 0 Å². The molecule has 0 aliphatic heterocycles. The zero-order valence-electron chi connectivity index (χ0n) is 11.8. The predicted molar refractivity (Wildman–Crippen MR) is 73.9 cm³/mol. The molecule has 0 radical (unpaired) electrons. The molecule has 0 aromatic carbocycles. The Hall–Kier alpha value is -0.0500. The van der Waals surface area contributed by atoms with Crippen LogP contribution in [0.5, 0.6) is 0 Å². The third-order valence-corrected chi connectivity index (χ3v) is 5.47.